The molecule has 0 spiro atoms. The lowest BCUT2D eigenvalue weighted by molar-refractivity contribution is 0.318. The van der Waals surface area contributed by atoms with Gasteiger partial charge in [-0.05, 0) is 6.92 Å². The molecule has 1 rings (SSSR count). The Morgan fingerprint density at radius 1 is 1.40 bits per heavy atom. The monoisotopic (exact) mass is 143 g/mol. The topological polar surface area (TPSA) is 25.8 Å². The van der Waals surface area contributed by atoms with Crippen molar-refractivity contribution in [3.63, 3.8) is 0 Å². The molecule has 0 saturated carbocycles. The molecule has 1 aromatic heterocycles. The first-order valence-corrected chi connectivity index (χ1v) is 2.67. The smallest absolute Gasteiger partial charge is 0.261 e. The van der Waals surface area contributed by atoms with Crippen molar-refractivity contribution in [3.8, 4) is 0 Å². The largest absolute Gasteiger partial charge is 0.359 e. The summed E-state index contributed by atoms with van der Waals surface area (Å²) in [6, 6.07) is 0. The second-order valence-corrected chi connectivity index (χ2v) is 1.81. The van der Waals surface area contributed by atoms with Crippen LogP contribution in [0.3, 0.4) is 0 Å². The van der Waals surface area contributed by atoms with E-state index in [0.717, 1.165) is 6.20 Å². The van der Waals surface area contributed by atoms with E-state index < -0.39 is 6.43 Å². The van der Waals surface area contributed by atoms with Gasteiger partial charge < -0.3 is 0 Å². The van der Waals surface area contributed by atoms with Crippen molar-refractivity contribution in [3.05, 3.63) is 30.2 Å². The molecule has 2 nitrogen and oxygen atoms in total. The normalized spacial score (nSPS) is 10.4. The zero-order chi connectivity index (χ0) is 7.56. The maximum Gasteiger partial charge on any atom is 0.359 e. The molecule has 10 heavy (non-hydrogen) atoms. The second-order valence-electron chi connectivity index (χ2n) is 1.81. The third-order valence-corrected chi connectivity index (χ3v) is 0.949. The molecule has 0 aliphatic heterocycles. The number of hydrogen-bond donors (Lipinski definition) is 0. The fourth-order valence-corrected chi connectivity index (χ4v) is 0.555. The molecule has 0 aliphatic rings. The van der Waals surface area contributed by atoms with Crippen molar-refractivity contribution in [1.82, 2.24) is 9.97 Å². The number of aromatic nitrogens is 2. The summed E-state index contributed by atoms with van der Waals surface area (Å²) in [6.07, 6.45) is 0.658. The van der Waals surface area contributed by atoms with E-state index in [2.05, 4.69) is 9.97 Å². The Labute approximate surface area is 56.9 Å². The van der Waals surface area contributed by atoms with Crippen LogP contribution < -0.4 is 0 Å². The van der Waals surface area contributed by atoms with Gasteiger partial charge in [0.05, 0.1) is 11.9 Å². The molecule has 0 amide bonds. The number of hydrogen-bond acceptors (Lipinski definition) is 2. The Hall–Kier alpha value is -1.06. The van der Waals surface area contributed by atoms with Crippen molar-refractivity contribution in [1.29, 1.82) is 0 Å². The van der Waals surface area contributed by atoms with Gasteiger partial charge in [0.25, 0.3) is 0 Å². The Morgan fingerprint density at radius 3 is 2.50 bits per heavy atom. The highest BCUT2D eigenvalue weighted by Gasteiger charge is 2.10. The first-order chi connectivity index (χ1) is 4.70. The molecule has 0 aromatic carbocycles. The molecule has 0 saturated heterocycles. The van der Waals surface area contributed by atoms with Crippen LogP contribution in [0.5, 0.6) is 0 Å². The lowest BCUT2D eigenvalue weighted by Gasteiger charge is -1.95. The number of rotatable bonds is 1. The molecular formula is C6H5F2N2. The van der Waals surface area contributed by atoms with E-state index in [4.69, 9.17) is 0 Å². The molecule has 0 unspecified atom stereocenters. The first kappa shape index (κ1) is 7.05. The van der Waals surface area contributed by atoms with Gasteiger partial charge in [0, 0.05) is 6.20 Å². The fraction of sp³-hybridized carbons (Fsp3) is 0.167. The molecule has 0 aliphatic carbocycles. The summed E-state index contributed by atoms with van der Waals surface area (Å²) in [4.78, 5) is 7.07. The number of nitrogens with zero attached hydrogens (tertiary/aromatic N) is 2. The van der Waals surface area contributed by atoms with Gasteiger partial charge >= 0.3 is 6.43 Å². The molecule has 0 bridgehead atoms. The van der Waals surface area contributed by atoms with Crippen LogP contribution in [0.15, 0.2) is 12.4 Å². The van der Waals surface area contributed by atoms with E-state index in [1.54, 1.807) is 6.92 Å². The standard InChI is InChI=1S/C6H5F2N2/c1-4-2-9-3-5(10-4)6(7)8/h2-3H,1H3. The number of halogens is 2. The SMILES string of the molecule is Cc1cncc([C](F)F)n1. The van der Waals surface area contributed by atoms with Gasteiger partial charge in [0.15, 0.2) is 0 Å². The van der Waals surface area contributed by atoms with Crippen molar-refractivity contribution < 1.29 is 8.78 Å². The summed E-state index contributed by atoms with van der Waals surface area (Å²) in [6.45, 7) is 1.61. The predicted molar refractivity (Wildman–Crippen MR) is 31.3 cm³/mol. The second kappa shape index (κ2) is 2.68. The van der Waals surface area contributed by atoms with Crippen molar-refractivity contribution in [2.45, 2.75) is 6.92 Å². The highest BCUT2D eigenvalue weighted by molar-refractivity contribution is 5.10. The van der Waals surface area contributed by atoms with Crippen LogP contribution in [0.2, 0.25) is 0 Å². The third-order valence-electron chi connectivity index (χ3n) is 0.949. The van der Waals surface area contributed by atoms with Gasteiger partial charge in [0.1, 0.15) is 5.69 Å². The summed E-state index contributed by atoms with van der Waals surface area (Å²) in [5, 5.41) is 0. The quantitative estimate of drug-likeness (QED) is 0.596. The van der Waals surface area contributed by atoms with Gasteiger partial charge in [-0.1, -0.05) is 0 Å². The van der Waals surface area contributed by atoms with E-state index in [9.17, 15) is 8.78 Å². The van der Waals surface area contributed by atoms with Crippen LogP contribution in [-0.4, -0.2) is 9.97 Å². The molecule has 4 heteroatoms. The molecule has 1 aromatic rings. The Kier molecular flexibility index (Phi) is 1.89. The molecule has 0 N–H and O–H groups in total. The summed E-state index contributed by atoms with van der Waals surface area (Å²) in [7, 11) is 0. The minimum absolute atomic E-state index is 0.347. The van der Waals surface area contributed by atoms with Gasteiger partial charge in [-0.15, -0.1) is 0 Å². The van der Waals surface area contributed by atoms with E-state index >= 15 is 0 Å². The number of aryl methyl sites for hydroxylation is 1. The van der Waals surface area contributed by atoms with Crippen LogP contribution in [0.4, 0.5) is 8.78 Å². The zero-order valence-corrected chi connectivity index (χ0v) is 5.31. The van der Waals surface area contributed by atoms with Crippen LogP contribution in [0.25, 0.3) is 0 Å². The highest BCUT2D eigenvalue weighted by atomic mass is 19.3. The van der Waals surface area contributed by atoms with E-state index in [-0.39, 0.29) is 5.69 Å². The van der Waals surface area contributed by atoms with Crippen molar-refractivity contribution in [2.75, 3.05) is 0 Å². The van der Waals surface area contributed by atoms with Crippen LogP contribution in [0, 0.1) is 13.3 Å². The van der Waals surface area contributed by atoms with Crippen LogP contribution in [0.1, 0.15) is 11.4 Å². The van der Waals surface area contributed by atoms with Crippen molar-refractivity contribution in [2.24, 2.45) is 0 Å². The Balaban J connectivity index is 2.96. The van der Waals surface area contributed by atoms with Crippen LogP contribution in [-0.2, 0) is 0 Å². The summed E-state index contributed by atoms with van der Waals surface area (Å²) in [5.41, 5.74) is 0.144. The fourth-order valence-electron chi connectivity index (χ4n) is 0.555. The molecule has 53 valence electrons. The summed E-state index contributed by atoms with van der Waals surface area (Å²) in [5.74, 6) is 0. The van der Waals surface area contributed by atoms with Gasteiger partial charge in [-0.3, -0.25) is 4.98 Å². The lowest BCUT2D eigenvalue weighted by Crippen LogP contribution is -1.93. The predicted octanol–water partition coefficient (Wildman–Crippen LogP) is 1.56. The zero-order valence-electron chi connectivity index (χ0n) is 5.31. The van der Waals surface area contributed by atoms with E-state index in [0.29, 0.717) is 5.69 Å². The molecule has 1 radical (unpaired) electrons. The molecule has 0 fully saturated rings. The third kappa shape index (κ3) is 1.46. The Morgan fingerprint density at radius 2 is 2.10 bits per heavy atom. The summed E-state index contributed by atoms with van der Waals surface area (Å²) < 4.78 is 23.5. The lowest BCUT2D eigenvalue weighted by atomic mass is 10.4. The maximum atomic E-state index is 11.8. The first-order valence-electron chi connectivity index (χ1n) is 2.67. The van der Waals surface area contributed by atoms with Gasteiger partial charge in [-0.2, -0.15) is 8.78 Å². The van der Waals surface area contributed by atoms with E-state index in [1.165, 1.54) is 6.20 Å². The van der Waals surface area contributed by atoms with E-state index in [1.807, 2.05) is 0 Å². The van der Waals surface area contributed by atoms with Crippen LogP contribution >= 0.6 is 0 Å². The maximum absolute atomic E-state index is 11.8. The molecule has 0 atom stereocenters. The average molecular weight is 143 g/mol. The summed E-state index contributed by atoms with van der Waals surface area (Å²) >= 11 is 0. The Bertz CT molecular complexity index is 225. The molecule has 1 heterocycles. The van der Waals surface area contributed by atoms with Crippen molar-refractivity contribution >= 4 is 0 Å². The molecular weight excluding hydrogens is 138 g/mol. The minimum Gasteiger partial charge on any atom is -0.261 e. The highest BCUT2D eigenvalue weighted by Crippen LogP contribution is 2.12. The average Bonchev–Trinajstić information content (AvgIpc) is 1.88. The van der Waals surface area contributed by atoms with Gasteiger partial charge in [0.2, 0.25) is 0 Å². The minimum atomic E-state index is -1.80. The van der Waals surface area contributed by atoms with Gasteiger partial charge in [-0.25, -0.2) is 4.98 Å².